The minimum absolute atomic E-state index is 0.342. The van der Waals surface area contributed by atoms with E-state index in [9.17, 15) is 19.1 Å². The van der Waals surface area contributed by atoms with E-state index in [0.29, 0.717) is 12.1 Å². The van der Waals surface area contributed by atoms with Crippen LogP contribution < -0.4 is 5.32 Å². The van der Waals surface area contributed by atoms with Crippen molar-refractivity contribution >= 4 is 17.6 Å². The number of carboxylic acid groups (broad SMARTS) is 1. The highest BCUT2D eigenvalue weighted by Crippen LogP contribution is 2.35. The van der Waals surface area contributed by atoms with Crippen molar-refractivity contribution in [2.75, 3.05) is 5.32 Å². The van der Waals surface area contributed by atoms with Crippen LogP contribution in [0.4, 0.5) is 10.1 Å². The molecule has 2 aromatic rings. The lowest BCUT2D eigenvalue weighted by molar-refractivity contribution is -0.146. The third kappa shape index (κ3) is 2.57. The van der Waals surface area contributed by atoms with E-state index in [2.05, 4.69) is 5.32 Å². The third-order valence-electron chi connectivity index (χ3n) is 3.95. The van der Waals surface area contributed by atoms with Gasteiger partial charge >= 0.3 is 5.97 Å². The molecule has 2 atom stereocenters. The van der Waals surface area contributed by atoms with Crippen molar-refractivity contribution in [3.8, 4) is 0 Å². The number of anilines is 1. The van der Waals surface area contributed by atoms with Crippen LogP contribution in [0.2, 0.25) is 0 Å². The fraction of sp³-hybridized carbons (Fsp3) is 0.176. The van der Waals surface area contributed by atoms with Gasteiger partial charge in [-0.1, -0.05) is 36.4 Å². The monoisotopic (exact) mass is 299 g/mol. The number of carboxylic acids is 1. The summed E-state index contributed by atoms with van der Waals surface area (Å²) in [6.07, 6.45) is 0.356. The number of rotatable bonds is 2. The molecule has 3 rings (SSSR count). The van der Waals surface area contributed by atoms with E-state index >= 15 is 0 Å². The Labute approximate surface area is 126 Å². The lowest BCUT2D eigenvalue weighted by atomic mass is 9.82. The summed E-state index contributed by atoms with van der Waals surface area (Å²) in [5.74, 6) is -3.97. The normalized spacial score (nSPS) is 20.7. The molecule has 2 N–H and O–H groups in total. The predicted octanol–water partition coefficient (Wildman–Crippen LogP) is 2.80. The molecule has 0 saturated heterocycles. The van der Waals surface area contributed by atoms with Crippen molar-refractivity contribution in [3.63, 3.8) is 0 Å². The second-order valence-corrected chi connectivity index (χ2v) is 5.33. The molecular formula is C17H14FNO3. The lowest BCUT2D eigenvalue weighted by Gasteiger charge is -2.20. The first kappa shape index (κ1) is 14.3. The van der Waals surface area contributed by atoms with Gasteiger partial charge in [-0.25, -0.2) is 4.39 Å². The van der Waals surface area contributed by atoms with E-state index in [1.807, 2.05) is 30.3 Å². The van der Waals surface area contributed by atoms with Crippen LogP contribution in [0.25, 0.3) is 0 Å². The molecule has 0 aromatic heterocycles. The van der Waals surface area contributed by atoms with Crippen molar-refractivity contribution in [3.05, 3.63) is 65.5 Å². The number of carbonyl (C=O) groups excluding carboxylic acids is 1. The maximum atomic E-state index is 13.4. The zero-order valence-electron chi connectivity index (χ0n) is 11.6. The second-order valence-electron chi connectivity index (χ2n) is 5.33. The van der Waals surface area contributed by atoms with Gasteiger partial charge in [-0.2, -0.15) is 0 Å². The Morgan fingerprint density at radius 3 is 2.59 bits per heavy atom. The van der Waals surface area contributed by atoms with Crippen LogP contribution in [0.3, 0.4) is 0 Å². The average molecular weight is 299 g/mol. The molecule has 1 heterocycles. The first-order valence-electron chi connectivity index (χ1n) is 6.93. The smallest absolute Gasteiger partial charge is 0.316 e. The van der Waals surface area contributed by atoms with Crippen LogP contribution in [0.1, 0.15) is 17.0 Å². The molecule has 0 aliphatic carbocycles. The van der Waals surface area contributed by atoms with Crippen LogP contribution in [-0.4, -0.2) is 17.0 Å². The number of fused-ring (bicyclic) bond motifs is 1. The van der Waals surface area contributed by atoms with Crippen LogP contribution in [0, 0.1) is 11.7 Å². The molecule has 0 spiro atoms. The summed E-state index contributed by atoms with van der Waals surface area (Å²) < 4.78 is 13.4. The van der Waals surface area contributed by atoms with Crippen LogP contribution in [-0.2, 0) is 16.0 Å². The molecule has 0 radical (unpaired) electrons. The van der Waals surface area contributed by atoms with E-state index in [0.717, 1.165) is 11.1 Å². The number of aliphatic carboxylic acids is 1. The van der Waals surface area contributed by atoms with E-state index in [4.69, 9.17) is 0 Å². The molecule has 1 amide bonds. The number of carbonyl (C=O) groups is 2. The molecule has 5 heteroatoms. The number of hydrogen-bond donors (Lipinski definition) is 2. The summed E-state index contributed by atoms with van der Waals surface area (Å²) in [7, 11) is 0. The van der Waals surface area contributed by atoms with Gasteiger partial charge in [0.2, 0.25) is 5.91 Å². The number of hydrogen-bond acceptors (Lipinski definition) is 2. The summed E-state index contributed by atoms with van der Waals surface area (Å²) in [4.78, 5) is 23.9. The highest BCUT2D eigenvalue weighted by Gasteiger charge is 2.38. The summed E-state index contributed by atoms with van der Waals surface area (Å²) >= 11 is 0. The fourth-order valence-electron chi connectivity index (χ4n) is 2.89. The van der Waals surface area contributed by atoms with Crippen molar-refractivity contribution in [2.45, 2.75) is 12.3 Å². The van der Waals surface area contributed by atoms with Gasteiger partial charge in [-0.15, -0.1) is 0 Å². The molecule has 112 valence electrons. The second kappa shape index (κ2) is 5.60. The van der Waals surface area contributed by atoms with Crippen molar-refractivity contribution < 1.29 is 19.1 Å². The molecule has 1 aliphatic rings. The number of halogens is 1. The molecule has 2 unspecified atom stereocenters. The highest BCUT2D eigenvalue weighted by atomic mass is 19.1. The number of amides is 1. The first-order valence-corrected chi connectivity index (χ1v) is 6.93. The first-order chi connectivity index (χ1) is 10.6. The Balaban J connectivity index is 2.10. The molecule has 22 heavy (non-hydrogen) atoms. The Hall–Kier alpha value is -2.69. The quantitative estimate of drug-likeness (QED) is 0.838. The van der Waals surface area contributed by atoms with Crippen molar-refractivity contribution in [2.24, 2.45) is 5.92 Å². The molecule has 0 saturated carbocycles. The largest absolute Gasteiger partial charge is 0.481 e. The summed E-state index contributed by atoms with van der Waals surface area (Å²) in [5, 5.41) is 12.0. The average Bonchev–Trinajstić information content (AvgIpc) is 2.63. The predicted molar refractivity (Wildman–Crippen MR) is 79.0 cm³/mol. The minimum atomic E-state index is -1.21. The molecule has 2 aromatic carbocycles. The lowest BCUT2D eigenvalue weighted by Crippen LogP contribution is -2.33. The summed E-state index contributed by atoms with van der Waals surface area (Å²) in [5.41, 5.74) is 1.85. The van der Waals surface area contributed by atoms with Gasteiger partial charge in [0.15, 0.2) is 0 Å². The van der Waals surface area contributed by atoms with Gasteiger partial charge in [-0.05, 0) is 29.7 Å². The molecule has 4 nitrogen and oxygen atoms in total. The zero-order valence-corrected chi connectivity index (χ0v) is 11.6. The fourth-order valence-corrected chi connectivity index (χ4v) is 2.89. The maximum absolute atomic E-state index is 13.4. The van der Waals surface area contributed by atoms with Crippen LogP contribution >= 0.6 is 0 Å². The van der Waals surface area contributed by atoms with Crippen molar-refractivity contribution in [1.29, 1.82) is 0 Å². The van der Waals surface area contributed by atoms with Crippen molar-refractivity contribution in [1.82, 2.24) is 0 Å². The van der Waals surface area contributed by atoms with Crippen LogP contribution in [0.5, 0.6) is 0 Å². The molecule has 1 aliphatic heterocycles. The van der Waals surface area contributed by atoms with Gasteiger partial charge < -0.3 is 10.4 Å². The van der Waals surface area contributed by atoms with Gasteiger partial charge in [0, 0.05) is 11.6 Å². The zero-order chi connectivity index (χ0) is 15.7. The topological polar surface area (TPSA) is 66.4 Å². The van der Waals surface area contributed by atoms with Gasteiger partial charge in [0.05, 0.1) is 0 Å². The third-order valence-corrected chi connectivity index (χ3v) is 3.95. The molecule has 0 bridgehead atoms. The highest BCUT2D eigenvalue weighted by molar-refractivity contribution is 6.06. The molecular weight excluding hydrogens is 285 g/mol. The van der Waals surface area contributed by atoms with E-state index in [1.54, 1.807) is 6.07 Å². The Morgan fingerprint density at radius 1 is 1.18 bits per heavy atom. The van der Waals surface area contributed by atoms with E-state index in [1.165, 1.54) is 12.1 Å². The summed E-state index contributed by atoms with van der Waals surface area (Å²) in [6.45, 7) is 0. The van der Waals surface area contributed by atoms with Gasteiger partial charge in [-0.3, -0.25) is 9.59 Å². The number of nitrogens with one attached hydrogen (secondary N) is 1. The van der Waals surface area contributed by atoms with E-state index < -0.39 is 29.5 Å². The minimum Gasteiger partial charge on any atom is -0.481 e. The Bertz CT molecular complexity index is 730. The SMILES string of the molecule is O=C(O)C1C(=O)Nc2cc(F)ccc2CC1c1ccccc1. The van der Waals surface area contributed by atoms with E-state index in [-0.39, 0.29) is 0 Å². The molecule has 0 fully saturated rings. The Morgan fingerprint density at radius 2 is 1.91 bits per heavy atom. The Kier molecular flexibility index (Phi) is 3.63. The van der Waals surface area contributed by atoms with Crippen LogP contribution in [0.15, 0.2) is 48.5 Å². The maximum Gasteiger partial charge on any atom is 0.316 e. The standard InChI is InChI=1S/C17H14FNO3/c18-12-7-6-11-8-13(10-4-2-1-3-5-10)15(17(21)22)16(20)19-14(11)9-12/h1-7,9,13,15H,8H2,(H,19,20)(H,21,22). The number of benzene rings is 2. The summed E-state index contributed by atoms with van der Waals surface area (Å²) in [6, 6.07) is 13.2. The van der Waals surface area contributed by atoms with Gasteiger partial charge in [0.1, 0.15) is 11.7 Å². The van der Waals surface area contributed by atoms with Gasteiger partial charge in [0.25, 0.3) is 0 Å².